The van der Waals surface area contributed by atoms with E-state index in [0.717, 1.165) is 42.9 Å². The van der Waals surface area contributed by atoms with Crippen LogP contribution in [0.15, 0.2) is 79.0 Å². The van der Waals surface area contributed by atoms with Gasteiger partial charge in [-0.3, -0.25) is 14.7 Å². The third-order valence-corrected chi connectivity index (χ3v) is 6.53. The number of carbonyl (C=O) groups is 1. The van der Waals surface area contributed by atoms with E-state index in [1.165, 1.54) is 12.1 Å². The molecule has 5 nitrogen and oxygen atoms in total. The van der Waals surface area contributed by atoms with Crippen LogP contribution in [0.25, 0.3) is 0 Å². The number of nitrogens with one attached hydrogen (secondary N) is 1. The summed E-state index contributed by atoms with van der Waals surface area (Å²) in [5, 5.41) is 3.17. The van der Waals surface area contributed by atoms with Gasteiger partial charge in [0.1, 0.15) is 18.2 Å². The minimum Gasteiger partial charge on any atom is -0.492 e. The third kappa shape index (κ3) is 7.37. The molecule has 1 unspecified atom stereocenters. The molecule has 0 bridgehead atoms. The van der Waals surface area contributed by atoms with Crippen molar-refractivity contribution in [3.8, 4) is 5.75 Å². The summed E-state index contributed by atoms with van der Waals surface area (Å²) in [7, 11) is 0. The van der Waals surface area contributed by atoms with Crippen molar-refractivity contribution >= 4 is 5.91 Å². The van der Waals surface area contributed by atoms with Gasteiger partial charge in [0, 0.05) is 17.7 Å². The first kappa shape index (κ1) is 27.3. The molecule has 1 N–H and O–H groups in total. The first-order valence-corrected chi connectivity index (χ1v) is 12.8. The summed E-state index contributed by atoms with van der Waals surface area (Å²) in [6.45, 7) is 10.6. The number of pyridine rings is 1. The van der Waals surface area contributed by atoms with Crippen LogP contribution in [0, 0.1) is 11.7 Å². The van der Waals surface area contributed by atoms with Crippen molar-refractivity contribution in [1.82, 2.24) is 15.2 Å². The zero-order valence-corrected chi connectivity index (χ0v) is 21.8. The molecule has 1 fully saturated rings. The Balaban J connectivity index is 0.00000176. The van der Waals surface area contributed by atoms with Gasteiger partial charge in [-0.1, -0.05) is 50.2 Å². The molecule has 1 aromatic heterocycles. The Kier molecular flexibility index (Phi) is 10.00. The maximum absolute atomic E-state index is 13.5. The predicted octanol–water partition coefficient (Wildman–Crippen LogP) is 6.02. The number of ether oxygens (including phenoxy) is 1. The molecule has 4 rings (SSSR count). The van der Waals surface area contributed by atoms with E-state index in [1.807, 2.05) is 62.4 Å². The fourth-order valence-electron chi connectivity index (χ4n) is 4.41. The van der Waals surface area contributed by atoms with Crippen molar-refractivity contribution in [1.29, 1.82) is 0 Å². The van der Waals surface area contributed by atoms with Crippen LogP contribution in [0.5, 0.6) is 5.75 Å². The van der Waals surface area contributed by atoms with Crippen LogP contribution in [0.3, 0.4) is 0 Å². The van der Waals surface area contributed by atoms with Gasteiger partial charge in [-0.05, 0) is 81.7 Å². The fraction of sp³-hybridized carbons (Fsp3) is 0.400. The number of aromatic nitrogens is 1. The molecule has 6 heteroatoms. The summed E-state index contributed by atoms with van der Waals surface area (Å²) >= 11 is 0. The Bertz CT molecular complexity index is 1050. The second-order valence-corrected chi connectivity index (χ2v) is 9.42. The minimum absolute atomic E-state index is 0.0120. The maximum atomic E-state index is 13.5. The highest BCUT2D eigenvalue weighted by molar-refractivity contribution is 5.79. The van der Waals surface area contributed by atoms with E-state index < -0.39 is 6.04 Å². The molecule has 0 saturated carbocycles. The number of hydrogen-bond donors (Lipinski definition) is 1. The molecule has 3 aromatic rings. The van der Waals surface area contributed by atoms with Crippen molar-refractivity contribution in [2.75, 3.05) is 19.7 Å². The first-order chi connectivity index (χ1) is 17.4. The SMILES string of the molecule is CC.CC(C)(COc1ccccc1)N1CCC(C(=O)NC(c2ccc(F)cc2)c2ccccn2)CC1. The average Bonchev–Trinajstić information content (AvgIpc) is 2.93. The molecule has 1 aliphatic rings. The third-order valence-electron chi connectivity index (χ3n) is 6.53. The number of hydrogen-bond acceptors (Lipinski definition) is 4. The van der Waals surface area contributed by atoms with Gasteiger partial charge >= 0.3 is 0 Å². The molecule has 1 amide bonds. The summed E-state index contributed by atoms with van der Waals surface area (Å²) in [4.78, 5) is 20.1. The van der Waals surface area contributed by atoms with Crippen molar-refractivity contribution in [3.63, 3.8) is 0 Å². The quantitative estimate of drug-likeness (QED) is 0.419. The largest absolute Gasteiger partial charge is 0.492 e. The van der Waals surface area contributed by atoms with Crippen LogP contribution in [0.1, 0.15) is 57.8 Å². The van der Waals surface area contributed by atoms with Crippen molar-refractivity contribution in [2.45, 2.75) is 52.1 Å². The van der Waals surface area contributed by atoms with Crippen LogP contribution in [-0.2, 0) is 4.79 Å². The van der Waals surface area contributed by atoms with Crippen LogP contribution in [0.2, 0.25) is 0 Å². The molecule has 1 atom stereocenters. The Hall–Kier alpha value is -3.25. The van der Waals surface area contributed by atoms with Gasteiger partial charge in [-0.25, -0.2) is 4.39 Å². The molecule has 36 heavy (non-hydrogen) atoms. The Labute approximate surface area is 214 Å². The average molecular weight is 492 g/mol. The number of rotatable bonds is 8. The van der Waals surface area contributed by atoms with Gasteiger partial charge in [0.05, 0.1) is 11.7 Å². The van der Waals surface area contributed by atoms with E-state index in [0.29, 0.717) is 6.61 Å². The number of para-hydroxylation sites is 1. The number of carbonyl (C=O) groups excluding carboxylic acids is 1. The number of piperidine rings is 1. The van der Waals surface area contributed by atoms with Gasteiger partial charge in [0.2, 0.25) is 5.91 Å². The number of halogens is 1. The molecular weight excluding hydrogens is 453 g/mol. The monoisotopic (exact) mass is 491 g/mol. The highest BCUT2D eigenvalue weighted by atomic mass is 19.1. The summed E-state index contributed by atoms with van der Waals surface area (Å²) < 4.78 is 19.5. The highest BCUT2D eigenvalue weighted by Crippen LogP contribution is 2.27. The standard InChI is InChI=1S/C28H32FN3O2.C2H6/c1-28(2,20-34-24-8-4-3-5-9-24)32-18-15-22(16-19-32)27(33)31-26(25-10-6-7-17-30-25)21-11-13-23(29)14-12-21;1-2/h3-14,17,22,26H,15-16,18-20H2,1-2H3,(H,31,33);1-2H3. The summed E-state index contributed by atoms with van der Waals surface area (Å²) in [5.74, 6) is 0.499. The highest BCUT2D eigenvalue weighted by Gasteiger charge is 2.34. The Morgan fingerprint density at radius 3 is 2.28 bits per heavy atom. The predicted molar refractivity (Wildman–Crippen MR) is 142 cm³/mol. The Morgan fingerprint density at radius 2 is 1.67 bits per heavy atom. The molecule has 0 aliphatic carbocycles. The van der Waals surface area contributed by atoms with E-state index in [2.05, 4.69) is 29.0 Å². The lowest BCUT2D eigenvalue weighted by Crippen LogP contribution is -2.53. The van der Waals surface area contributed by atoms with Gasteiger partial charge in [-0.2, -0.15) is 0 Å². The molecule has 2 heterocycles. The van der Waals surface area contributed by atoms with Crippen LogP contribution in [-0.4, -0.2) is 41.0 Å². The Morgan fingerprint density at radius 1 is 1.03 bits per heavy atom. The lowest BCUT2D eigenvalue weighted by atomic mass is 9.91. The van der Waals surface area contributed by atoms with Crippen molar-refractivity contribution in [2.24, 2.45) is 5.92 Å². The number of amides is 1. The summed E-state index contributed by atoms with van der Waals surface area (Å²) in [6, 6.07) is 21.3. The molecule has 2 aromatic carbocycles. The van der Waals surface area contributed by atoms with Crippen LogP contribution in [0.4, 0.5) is 4.39 Å². The number of benzene rings is 2. The fourth-order valence-corrected chi connectivity index (χ4v) is 4.41. The number of likely N-dealkylation sites (tertiary alicyclic amines) is 1. The molecule has 1 aliphatic heterocycles. The van der Waals surface area contributed by atoms with Gasteiger partial charge < -0.3 is 10.1 Å². The van der Waals surface area contributed by atoms with E-state index in [9.17, 15) is 9.18 Å². The van der Waals surface area contributed by atoms with E-state index in [1.54, 1.807) is 18.3 Å². The minimum atomic E-state index is -0.414. The topological polar surface area (TPSA) is 54.5 Å². The summed E-state index contributed by atoms with van der Waals surface area (Å²) in [5.41, 5.74) is 1.41. The lowest BCUT2D eigenvalue weighted by Gasteiger charge is -2.42. The van der Waals surface area contributed by atoms with E-state index in [-0.39, 0.29) is 23.2 Å². The van der Waals surface area contributed by atoms with Gasteiger partial charge in [0.25, 0.3) is 0 Å². The molecule has 0 spiro atoms. The first-order valence-electron chi connectivity index (χ1n) is 12.8. The summed E-state index contributed by atoms with van der Waals surface area (Å²) in [6.07, 6.45) is 3.26. The zero-order valence-electron chi connectivity index (χ0n) is 21.8. The maximum Gasteiger partial charge on any atom is 0.224 e. The smallest absolute Gasteiger partial charge is 0.224 e. The van der Waals surface area contributed by atoms with Crippen LogP contribution < -0.4 is 10.1 Å². The normalized spacial score (nSPS) is 15.4. The van der Waals surface area contributed by atoms with E-state index >= 15 is 0 Å². The molecule has 1 saturated heterocycles. The lowest BCUT2D eigenvalue weighted by molar-refractivity contribution is -0.127. The zero-order chi connectivity index (χ0) is 26.0. The van der Waals surface area contributed by atoms with Gasteiger partial charge in [-0.15, -0.1) is 0 Å². The van der Waals surface area contributed by atoms with E-state index in [4.69, 9.17) is 4.74 Å². The van der Waals surface area contributed by atoms with Crippen LogP contribution >= 0.6 is 0 Å². The number of nitrogens with zero attached hydrogens (tertiary/aromatic N) is 2. The second-order valence-electron chi connectivity index (χ2n) is 9.42. The molecular formula is C30H38FN3O2. The second kappa shape index (κ2) is 13.2. The van der Waals surface area contributed by atoms with Crippen molar-refractivity contribution in [3.05, 3.63) is 96.1 Å². The van der Waals surface area contributed by atoms with Crippen molar-refractivity contribution < 1.29 is 13.9 Å². The molecule has 192 valence electrons. The molecule has 0 radical (unpaired) electrons. The van der Waals surface area contributed by atoms with Gasteiger partial charge in [0.15, 0.2) is 0 Å².